The van der Waals surface area contributed by atoms with Gasteiger partial charge in [0.25, 0.3) is 0 Å². The van der Waals surface area contributed by atoms with Crippen LogP contribution >= 0.6 is 0 Å². The van der Waals surface area contributed by atoms with Crippen LogP contribution < -0.4 is 10.1 Å². The van der Waals surface area contributed by atoms with Crippen LogP contribution in [-0.2, 0) is 17.9 Å². The molecule has 3 aromatic rings. The van der Waals surface area contributed by atoms with Crippen molar-refractivity contribution in [2.75, 3.05) is 19.6 Å². The summed E-state index contributed by atoms with van der Waals surface area (Å²) < 4.78 is 6.01. The third kappa shape index (κ3) is 5.15. The topological polar surface area (TPSA) is 41.6 Å². The molecule has 0 spiro atoms. The third-order valence-electron chi connectivity index (χ3n) is 5.48. The van der Waals surface area contributed by atoms with Crippen molar-refractivity contribution in [3.8, 4) is 5.75 Å². The van der Waals surface area contributed by atoms with E-state index >= 15 is 0 Å². The fourth-order valence-electron chi connectivity index (χ4n) is 3.85. The zero-order chi connectivity index (χ0) is 19.9. The number of benzene rings is 3. The van der Waals surface area contributed by atoms with Crippen LogP contribution in [0.3, 0.4) is 0 Å². The standard InChI is InChI=1S/C25H28N2O2/c28-25-10-4-16-27(25)17-5-15-26-18-20-11-13-23(14-12-20)29-19-22-8-3-7-21-6-1-2-9-24(21)22/h1-3,6-9,11-14,26H,4-5,10,15-19H2. The molecule has 0 aromatic heterocycles. The minimum Gasteiger partial charge on any atom is -0.489 e. The monoisotopic (exact) mass is 388 g/mol. The third-order valence-corrected chi connectivity index (χ3v) is 5.48. The summed E-state index contributed by atoms with van der Waals surface area (Å²) in [5, 5.41) is 5.94. The first kappa shape index (κ1) is 19.5. The largest absolute Gasteiger partial charge is 0.489 e. The van der Waals surface area contributed by atoms with E-state index in [9.17, 15) is 4.79 Å². The maximum atomic E-state index is 11.6. The van der Waals surface area contributed by atoms with Crippen LogP contribution in [0.4, 0.5) is 0 Å². The van der Waals surface area contributed by atoms with Gasteiger partial charge in [-0.2, -0.15) is 0 Å². The highest BCUT2D eigenvalue weighted by atomic mass is 16.5. The second-order valence-corrected chi connectivity index (χ2v) is 7.59. The quantitative estimate of drug-likeness (QED) is 0.548. The lowest BCUT2D eigenvalue weighted by molar-refractivity contribution is -0.127. The molecule has 150 valence electrons. The molecule has 1 amide bonds. The van der Waals surface area contributed by atoms with E-state index in [0.717, 1.165) is 51.2 Å². The van der Waals surface area contributed by atoms with Crippen molar-refractivity contribution >= 4 is 16.7 Å². The first-order chi connectivity index (χ1) is 14.3. The molecule has 0 radical (unpaired) electrons. The minimum absolute atomic E-state index is 0.309. The predicted molar refractivity (Wildman–Crippen MR) is 117 cm³/mol. The number of nitrogens with one attached hydrogen (secondary N) is 1. The van der Waals surface area contributed by atoms with Gasteiger partial charge in [0, 0.05) is 26.1 Å². The Morgan fingerprint density at radius 1 is 0.966 bits per heavy atom. The molecule has 0 aliphatic carbocycles. The van der Waals surface area contributed by atoms with Gasteiger partial charge in [-0.1, -0.05) is 54.6 Å². The molecule has 0 atom stereocenters. The van der Waals surface area contributed by atoms with Crippen LogP contribution in [0.2, 0.25) is 0 Å². The van der Waals surface area contributed by atoms with Crippen LogP contribution in [0.5, 0.6) is 5.75 Å². The van der Waals surface area contributed by atoms with Gasteiger partial charge in [0.1, 0.15) is 12.4 Å². The van der Waals surface area contributed by atoms with E-state index < -0.39 is 0 Å². The lowest BCUT2D eigenvalue weighted by Crippen LogP contribution is -2.28. The van der Waals surface area contributed by atoms with Gasteiger partial charge < -0.3 is 15.0 Å². The summed E-state index contributed by atoms with van der Waals surface area (Å²) in [6.07, 6.45) is 2.74. The first-order valence-electron chi connectivity index (χ1n) is 10.5. The van der Waals surface area contributed by atoms with E-state index in [4.69, 9.17) is 4.74 Å². The van der Waals surface area contributed by atoms with Crippen LogP contribution in [0.25, 0.3) is 10.8 Å². The maximum Gasteiger partial charge on any atom is 0.222 e. The average molecular weight is 389 g/mol. The molecule has 1 saturated heterocycles. The fourth-order valence-corrected chi connectivity index (χ4v) is 3.85. The number of hydrogen-bond acceptors (Lipinski definition) is 3. The van der Waals surface area contributed by atoms with Crippen LogP contribution in [-0.4, -0.2) is 30.4 Å². The summed E-state index contributed by atoms with van der Waals surface area (Å²) in [4.78, 5) is 13.6. The van der Waals surface area contributed by atoms with Crippen LogP contribution in [0.15, 0.2) is 66.7 Å². The highest BCUT2D eigenvalue weighted by molar-refractivity contribution is 5.85. The summed E-state index contributed by atoms with van der Waals surface area (Å²) in [5.41, 5.74) is 2.44. The number of rotatable bonds is 9. The molecule has 1 aliphatic heterocycles. The summed E-state index contributed by atoms with van der Waals surface area (Å²) >= 11 is 0. The van der Waals surface area contributed by atoms with Crippen molar-refractivity contribution in [3.05, 3.63) is 77.9 Å². The normalized spacial score (nSPS) is 13.9. The number of fused-ring (bicyclic) bond motifs is 1. The number of carbonyl (C=O) groups is 1. The number of hydrogen-bond donors (Lipinski definition) is 1. The van der Waals surface area contributed by atoms with Crippen molar-refractivity contribution in [2.45, 2.75) is 32.4 Å². The van der Waals surface area contributed by atoms with Gasteiger partial charge in [0.05, 0.1) is 0 Å². The highest BCUT2D eigenvalue weighted by Gasteiger charge is 2.18. The van der Waals surface area contributed by atoms with Crippen molar-refractivity contribution in [3.63, 3.8) is 0 Å². The second kappa shape index (κ2) is 9.57. The Hall–Kier alpha value is -2.85. The average Bonchev–Trinajstić information content (AvgIpc) is 3.17. The molecule has 0 bridgehead atoms. The molecule has 1 heterocycles. The van der Waals surface area contributed by atoms with Crippen LogP contribution in [0, 0.1) is 0 Å². The second-order valence-electron chi connectivity index (χ2n) is 7.59. The summed E-state index contributed by atoms with van der Waals surface area (Å²) in [7, 11) is 0. The van der Waals surface area contributed by atoms with Gasteiger partial charge >= 0.3 is 0 Å². The van der Waals surface area contributed by atoms with Gasteiger partial charge in [-0.15, -0.1) is 0 Å². The number of nitrogens with zero attached hydrogens (tertiary/aromatic N) is 1. The Bertz CT molecular complexity index is 947. The van der Waals surface area contributed by atoms with Gasteiger partial charge in [-0.25, -0.2) is 0 Å². The van der Waals surface area contributed by atoms with Gasteiger partial charge in [-0.3, -0.25) is 4.79 Å². The van der Waals surface area contributed by atoms with E-state index in [1.807, 2.05) is 17.0 Å². The highest BCUT2D eigenvalue weighted by Crippen LogP contribution is 2.21. The molecule has 4 rings (SSSR count). The summed E-state index contributed by atoms with van der Waals surface area (Å²) in [6, 6.07) is 23.0. The Morgan fingerprint density at radius 2 is 1.79 bits per heavy atom. The molecular weight excluding hydrogens is 360 g/mol. The lowest BCUT2D eigenvalue weighted by atomic mass is 10.1. The van der Waals surface area contributed by atoms with E-state index in [1.165, 1.54) is 21.9 Å². The van der Waals surface area contributed by atoms with E-state index in [0.29, 0.717) is 12.5 Å². The van der Waals surface area contributed by atoms with Gasteiger partial charge in [-0.05, 0) is 53.4 Å². The molecule has 4 nitrogen and oxygen atoms in total. The zero-order valence-electron chi connectivity index (χ0n) is 16.8. The molecule has 3 aromatic carbocycles. The smallest absolute Gasteiger partial charge is 0.222 e. The van der Waals surface area contributed by atoms with Gasteiger partial charge in [0.15, 0.2) is 0 Å². The molecule has 1 N–H and O–H groups in total. The Kier molecular flexibility index (Phi) is 6.42. The minimum atomic E-state index is 0.309. The maximum absolute atomic E-state index is 11.6. The molecule has 1 aliphatic rings. The van der Waals surface area contributed by atoms with Crippen molar-refractivity contribution in [2.24, 2.45) is 0 Å². The van der Waals surface area contributed by atoms with Crippen molar-refractivity contribution < 1.29 is 9.53 Å². The molecular formula is C25H28N2O2. The van der Waals surface area contributed by atoms with Crippen molar-refractivity contribution in [1.82, 2.24) is 10.2 Å². The Balaban J connectivity index is 1.21. The molecule has 29 heavy (non-hydrogen) atoms. The molecule has 0 unspecified atom stereocenters. The number of ether oxygens (including phenoxy) is 1. The SMILES string of the molecule is O=C1CCCN1CCCNCc1ccc(OCc2cccc3ccccc23)cc1. The molecule has 0 saturated carbocycles. The van der Waals surface area contributed by atoms with Crippen LogP contribution in [0.1, 0.15) is 30.4 Å². The van der Waals surface area contributed by atoms with Crippen molar-refractivity contribution in [1.29, 1.82) is 0 Å². The molecule has 4 heteroatoms. The first-order valence-corrected chi connectivity index (χ1v) is 10.5. The summed E-state index contributed by atoms with van der Waals surface area (Å²) in [6.45, 7) is 4.11. The number of likely N-dealkylation sites (tertiary alicyclic amines) is 1. The van der Waals surface area contributed by atoms with E-state index in [-0.39, 0.29) is 0 Å². The van der Waals surface area contributed by atoms with Gasteiger partial charge in [0.2, 0.25) is 5.91 Å². The van der Waals surface area contributed by atoms with E-state index in [1.54, 1.807) is 0 Å². The number of amides is 1. The zero-order valence-corrected chi connectivity index (χ0v) is 16.8. The lowest BCUT2D eigenvalue weighted by Gasteiger charge is -2.15. The Labute approximate surface area is 172 Å². The molecule has 1 fully saturated rings. The Morgan fingerprint density at radius 3 is 2.62 bits per heavy atom. The number of carbonyl (C=O) groups excluding carboxylic acids is 1. The fraction of sp³-hybridized carbons (Fsp3) is 0.320. The predicted octanol–water partition coefficient (Wildman–Crippen LogP) is 4.52. The summed E-state index contributed by atoms with van der Waals surface area (Å²) in [5.74, 6) is 1.19. The van der Waals surface area contributed by atoms with E-state index in [2.05, 4.69) is 59.9 Å².